The van der Waals surface area contributed by atoms with Crippen molar-refractivity contribution in [3.63, 3.8) is 0 Å². The molecule has 0 unspecified atom stereocenters. The van der Waals surface area contributed by atoms with Gasteiger partial charge in [-0.2, -0.15) is 0 Å². The number of aromatic amines is 1. The van der Waals surface area contributed by atoms with Crippen molar-refractivity contribution >= 4 is 27.5 Å². The van der Waals surface area contributed by atoms with Crippen LogP contribution in [0.3, 0.4) is 0 Å². The summed E-state index contributed by atoms with van der Waals surface area (Å²) in [5.41, 5.74) is 5.51. The van der Waals surface area contributed by atoms with Gasteiger partial charge in [0.25, 0.3) is 0 Å². The largest absolute Gasteiger partial charge is 0.497 e. The molecule has 5 heteroatoms. The maximum absolute atomic E-state index is 14.8. The molecule has 0 saturated carbocycles. The number of methoxy groups -OCH3 is 1. The van der Waals surface area contributed by atoms with Crippen LogP contribution in [0.25, 0.3) is 21.8 Å². The topological polar surface area (TPSA) is 33.2 Å². The van der Waals surface area contributed by atoms with Crippen LogP contribution < -0.4 is 9.64 Å². The molecule has 1 fully saturated rings. The van der Waals surface area contributed by atoms with Gasteiger partial charge in [0.2, 0.25) is 0 Å². The number of hydrogen-bond acceptors (Lipinski definition) is 2. The summed E-state index contributed by atoms with van der Waals surface area (Å²) in [6.07, 6.45) is 6.52. The van der Waals surface area contributed by atoms with Gasteiger partial charge in [-0.3, -0.25) is 0 Å². The molecule has 30 heavy (non-hydrogen) atoms. The highest BCUT2D eigenvalue weighted by molar-refractivity contribution is 5.93. The average Bonchev–Trinajstić information content (AvgIpc) is 3.32. The van der Waals surface area contributed by atoms with Crippen molar-refractivity contribution in [3.8, 4) is 5.75 Å². The lowest BCUT2D eigenvalue weighted by molar-refractivity contribution is 0.415. The standard InChI is InChI=1S/C25H28FN3O/c1-17-19(21-16-18(30-2)6-8-23(21)27-17)10-14-28-15-11-20-24(28)9-7-22(26)25(20)29-12-4-3-5-13-29/h6-9,11,15-16,27H,3-5,10,12-14H2,1-2H3. The maximum Gasteiger partial charge on any atom is 0.147 e. The Labute approximate surface area is 176 Å². The Kier molecular flexibility index (Phi) is 4.89. The van der Waals surface area contributed by atoms with E-state index in [4.69, 9.17) is 4.74 Å². The van der Waals surface area contributed by atoms with Crippen LogP contribution in [-0.4, -0.2) is 29.8 Å². The van der Waals surface area contributed by atoms with Gasteiger partial charge in [0, 0.05) is 47.8 Å². The Morgan fingerprint density at radius 2 is 1.87 bits per heavy atom. The molecule has 4 aromatic rings. The lowest BCUT2D eigenvalue weighted by Crippen LogP contribution is -2.30. The first-order valence-electron chi connectivity index (χ1n) is 10.8. The van der Waals surface area contributed by atoms with E-state index in [9.17, 15) is 4.39 Å². The number of benzene rings is 2. The van der Waals surface area contributed by atoms with Crippen molar-refractivity contribution in [2.45, 2.75) is 39.2 Å². The zero-order valence-corrected chi connectivity index (χ0v) is 17.7. The molecule has 1 N–H and O–H groups in total. The predicted octanol–water partition coefficient (Wildman–Crippen LogP) is 5.81. The fraction of sp³-hybridized carbons (Fsp3) is 0.360. The van der Waals surface area contributed by atoms with Gasteiger partial charge in [0.15, 0.2) is 0 Å². The van der Waals surface area contributed by atoms with E-state index in [0.29, 0.717) is 0 Å². The number of ether oxygens (including phenoxy) is 1. The van der Waals surface area contributed by atoms with Gasteiger partial charge in [-0.1, -0.05) is 0 Å². The molecule has 0 spiro atoms. The molecule has 4 nitrogen and oxygen atoms in total. The molecule has 156 valence electrons. The normalized spacial score (nSPS) is 14.7. The summed E-state index contributed by atoms with van der Waals surface area (Å²) in [4.78, 5) is 5.71. The van der Waals surface area contributed by atoms with Gasteiger partial charge in [0.05, 0.1) is 18.3 Å². The van der Waals surface area contributed by atoms with Crippen LogP contribution in [0.1, 0.15) is 30.5 Å². The number of halogens is 1. The SMILES string of the molecule is COc1ccc2[nH]c(C)c(CCn3ccc4c(N5CCCCC5)c(F)ccc43)c2c1. The zero-order chi connectivity index (χ0) is 20.7. The molecule has 2 aromatic carbocycles. The lowest BCUT2D eigenvalue weighted by atomic mass is 10.1. The molecular formula is C25H28FN3O. The second-order valence-electron chi connectivity index (χ2n) is 8.28. The van der Waals surface area contributed by atoms with Crippen LogP contribution in [0.2, 0.25) is 0 Å². The van der Waals surface area contributed by atoms with Crippen LogP contribution >= 0.6 is 0 Å². The van der Waals surface area contributed by atoms with E-state index < -0.39 is 0 Å². The van der Waals surface area contributed by atoms with Crippen LogP contribution in [-0.2, 0) is 13.0 Å². The molecular weight excluding hydrogens is 377 g/mol. The molecule has 5 rings (SSSR count). The summed E-state index contributed by atoms with van der Waals surface area (Å²) in [6, 6.07) is 11.8. The van der Waals surface area contributed by atoms with Gasteiger partial charge in [-0.15, -0.1) is 0 Å². The second-order valence-corrected chi connectivity index (χ2v) is 8.28. The summed E-state index contributed by atoms with van der Waals surface area (Å²) in [6.45, 7) is 4.86. The highest BCUT2D eigenvalue weighted by Gasteiger charge is 2.19. The number of aryl methyl sites for hydroxylation is 3. The van der Waals surface area contributed by atoms with Crippen molar-refractivity contribution in [1.29, 1.82) is 0 Å². The van der Waals surface area contributed by atoms with E-state index in [1.807, 2.05) is 12.1 Å². The first-order valence-corrected chi connectivity index (χ1v) is 10.8. The van der Waals surface area contributed by atoms with Crippen molar-refractivity contribution in [2.24, 2.45) is 0 Å². The highest BCUT2D eigenvalue weighted by Crippen LogP contribution is 2.33. The van der Waals surface area contributed by atoms with Crippen molar-refractivity contribution in [3.05, 3.63) is 59.7 Å². The summed E-state index contributed by atoms with van der Waals surface area (Å²) >= 11 is 0. The number of anilines is 1. The fourth-order valence-corrected chi connectivity index (χ4v) is 4.91. The molecule has 1 aliphatic rings. The second kappa shape index (κ2) is 7.71. The highest BCUT2D eigenvalue weighted by atomic mass is 19.1. The van der Waals surface area contributed by atoms with Gasteiger partial charge in [0.1, 0.15) is 11.6 Å². The number of hydrogen-bond donors (Lipinski definition) is 1. The van der Waals surface area contributed by atoms with E-state index in [0.717, 1.165) is 66.8 Å². The Balaban J connectivity index is 1.47. The average molecular weight is 406 g/mol. The van der Waals surface area contributed by atoms with E-state index in [1.165, 1.54) is 23.1 Å². The first-order chi connectivity index (χ1) is 14.7. The molecule has 0 bridgehead atoms. The summed E-state index contributed by atoms with van der Waals surface area (Å²) < 4.78 is 22.4. The number of fused-ring (bicyclic) bond motifs is 2. The number of nitrogens with one attached hydrogen (secondary N) is 1. The van der Waals surface area contributed by atoms with E-state index in [-0.39, 0.29) is 5.82 Å². The Morgan fingerprint density at radius 1 is 1.03 bits per heavy atom. The lowest BCUT2D eigenvalue weighted by Gasteiger charge is -2.29. The zero-order valence-electron chi connectivity index (χ0n) is 17.7. The monoisotopic (exact) mass is 405 g/mol. The quantitative estimate of drug-likeness (QED) is 0.454. The number of H-pyrrole nitrogens is 1. The van der Waals surface area contributed by atoms with E-state index >= 15 is 0 Å². The Hall–Kier alpha value is -2.95. The third kappa shape index (κ3) is 3.22. The number of nitrogens with zero attached hydrogens (tertiary/aromatic N) is 2. The minimum Gasteiger partial charge on any atom is -0.497 e. The predicted molar refractivity (Wildman–Crippen MR) is 121 cm³/mol. The molecule has 0 amide bonds. The molecule has 1 aliphatic heterocycles. The van der Waals surface area contributed by atoms with Gasteiger partial charge in [-0.25, -0.2) is 4.39 Å². The molecule has 1 saturated heterocycles. The number of aromatic nitrogens is 2. The van der Waals surface area contributed by atoms with Crippen LogP contribution in [0.15, 0.2) is 42.6 Å². The van der Waals surface area contributed by atoms with Crippen molar-refractivity contribution < 1.29 is 9.13 Å². The minimum absolute atomic E-state index is 0.110. The van der Waals surface area contributed by atoms with E-state index in [1.54, 1.807) is 13.2 Å². The van der Waals surface area contributed by atoms with Crippen LogP contribution in [0.5, 0.6) is 5.75 Å². The van der Waals surface area contributed by atoms with Crippen LogP contribution in [0, 0.1) is 12.7 Å². The molecule has 2 aromatic heterocycles. The first kappa shape index (κ1) is 19.0. The van der Waals surface area contributed by atoms with Crippen molar-refractivity contribution in [1.82, 2.24) is 9.55 Å². The van der Waals surface area contributed by atoms with Gasteiger partial charge >= 0.3 is 0 Å². The maximum atomic E-state index is 14.8. The summed E-state index contributed by atoms with van der Waals surface area (Å²) in [5, 5.41) is 2.23. The summed E-state index contributed by atoms with van der Waals surface area (Å²) in [7, 11) is 1.70. The molecule has 0 aliphatic carbocycles. The Morgan fingerprint density at radius 3 is 2.67 bits per heavy atom. The summed E-state index contributed by atoms with van der Waals surface area (Å²) in [5.74, 6) is 0.762. The number of rotatable bonds is 5. The van der Waals surface area contributed by atoms with Crippen LogP contribution in [0.4, 0.5) is 10.1 Å². The smallest absolute Gasteiger partial charge is 0.147 e. The van der Waals surface area contributed by atoms with Gasteiger partial charge in [-0.05, 0) is 74.6 Å². The van der Waals surface area contributed by atoms with E-state index in [2.05, 4.69) is 45.8 Å². The number of piperidine rings is 1. The molecule has 0 atom stereocenters. The third-order valence-electron chi connectivity index (χ3n) is 6.48. The molecule has 3 heterocycles. The molecule has 0 radical (unpaired) electrons. The third-order valence-corrected chi connectivity index (χ3v) is 6.48. The van der Waals surface area contributed by atoms with Gasteiger partial charge < -0.3 is 19.2 Å². The van der Waals surface area contributed by atoms with Crippen molar-refractivity contribution in [2.75, 3.05) is 25.1 Å². The minimum atomic E-state index is -0.110. The fourth-order valence-electron chi connectivity index (χ4n) is 4.91. The Bertz CT molecular complexity index is 1200.